The summed E-state index contributed by atoms with van der Waals surface area (Å²) in [5.74, 6) is 0.0551. The minimum Gasteiger partial charge on any atom is -0.508 e. The molecule has 1 rings (SSSR count). The molecule has 4 nitrogen and oxygen atoms in total. The van der Waals surface area contributed by atoms with Crippen molar-refractivity contribution in [3.63, 3.8) is 0 Å². The minimum absolute atomic E-state index is 0.129. The van der Waals surface area contributed by atoms with Crippen LogP contribution in [0.4, 0.5) is 0 Å². The highest BCUT2D eigenvalue weighted by atomic mass is 16.5. The van der Waals surface area contributed by atoms with Crippen molar-refractivity contribution in [1.82, 2.24) is 0 Å². The Morgan fingerprint density at radius 3 is 2.57 bits per heavy atom. The number of hydrogen-bond acceptors (Lipinski definition) is 4. The number of esters is 1. The Morgan fingerprint density at radius 2 is 2.07 bits per heavy atom. The molecule has 14 heavy (non-hydrogen) atoms. The van der Waals surface area contributed by atoms with Gasteiger partial charge in [0.05, 0.1) is 0 Å². The topological polar surface area (TPSA) is 72.6 Å². The van der Waals surface area contributed by atoms with Gasteiger partial charge in [-0.1, -0.05) is 6.92 Å². The van der Waals surface area contributed by atoms with E-state index in [9.17, 15) is 4.79 Å². The molecule has 76 valence electrons. The second-order valence-corrected chi connectivity index (χ2v) is 2.93. The molecule has 0 aliphatic rings. The largest absolute Gasteiger partial charge is 0.508 e. The molecule has 0 saturated heterocycles. The molecule has 0 aliphatic carbocycles. The van der Waals surface area contributed by atoms with Crippen LogP contribution in [0.2, 0.25) is 0 Å². The second kappa shape index (κ2) is 4.62. The summed E-state index contributed by atoms with van der Waals surface area (Å²) in [6, 6.07) is 5.31. The Balaban J connectivity index is 2.60. The first-order valence-corrected chi connectivity index (χ1v) is 4.39. The number of carbonyl (C=O) groups is 1. The molecule has 4 heteroatoms. The third-order valence-corrected chi connectivity index (χ3v) is 1.80. The van der Waals surface area contributed by atoms with Gasteiger partial charge in [0.1, 0.15) is 17.5 Å². The van der Waals surface area contributed by atoms with Gasteiger partial charge in [-0.25, -0.2) is 4.79 Å². The van der Waals surface area contributed by atoms with Crippen molar-refractivity contribution in [3.05, 3.63) is 24.3 Å². The Labute approximate surface area is 82.3 Å². The average Bonchev–Trinajstić information content (AvgIpc) is 2.20. The smallest absolute Gasteiger partial charge is 0.328 e. The van der Waals surface area contributed by atoms with Gasteiger partial charge in [0.2, 0.25) is 0 Å². The summed E-state index contributed by atoms with van der Waals surface area (Å²) in [4.78, 5) is 11.2. The zero-order chi connectivity index (χ0) is 10.6. The molecule has 1 atom stereocenters. The lowest BCUT2D eigenvalue weighted by atomic mass is 10.2. The maximum atomic E-state index is 11.2. The van der Waals surface area contributed by atoms with E-state index in [2.05, 4.69) is 0 Å². The van der Waals surface area contributed by atoms with Gasteiger partial charge < -0.3 is 15.6 Å². The van der Waals surface area contributed by atoms with Crippen molar-refractivity contribution in [2.75, 3.05) is 0 Å². The van der Waals surface area contributed by atoms with Gasteiger partial charge in [-0.05, 0) is 30.7 Å². The third kappa shape index (κ3) is 2.74. The van der Waals surface area contributed by atoms with E-state index in [1.807, 2.05) is 6.92 Å². The summed E-state index contributed by atoms with van der Waals surface area (Å²) in [5.41, 5.74) is 5.47. The van der Waals surface area contributed by atoms with E-state index in [1.54, 1.807) is 0 Å². The molecule has 0 heterocycles. The standard InChI is InChI=1S/C10H13NO3/c1-2-9(11)10(13)14-8-5-3-7(12)4-6-8/h3-6,9,12H,2,11H2,1H3. The third-order valence-electron chi connectivity index (χ3n) is 1.80. The van der Waals surface area contributed by atoms with E-state index in [-0.39, 0.29) is 5.75 Å². The molecular weight excluding hydrogens is 182 g/mol. The zero-order valence-electron chi connectivity index (χ0n) is 7.93. The van der Waals surface area contributed by atoms with Crippen molar-refractivity contribution in [3.8, 4) is 11.5 Å². The van der Waals surface area contributed by atoms with Gasteiger partial charge in [-0.3, -0.25) is 0 Å². The number of rotatable bonds is 3. The van der Waals surface area contributed by atoms with Gasteiger partial charge in [0.25, 0.3) is 0 Å². The van der Waals surface area contributed by atoms with Gasteiger partial charge in [-0.2, -0.15) is 0 Å². The highest BCUT2D eigenvalue weighted by Gasteiger charge is 2.12. The Hall–Kier alpha value is -1.55. The molecule has 0 amide bonds. The molecule has 3 N–H and O–H groups in total. The van der Waals surface area contributed by atoms with Crippen LogP contribution in [0.25, 0.3) is 0 Å². The predicted molar refractivity (Wildman–Crippen MR) is 52.0 cm³/mol. The maximum Gasteiger partial charge on any atom is 0.328 e. The summed E-state index contributed by atoms with van der Waals surface area (Å²) in [6.45, 7) is 1.81. The Bertz CT molecular complexity index is 308. The van der Waals surface area contributed by atoms with Gasteiger partial charge >= 0.3 is 5.97 Å². The lowest BCUT2D eigenvalue weighted by molar-refractivity contribution is -0.135. The van der Waals surface area contributed by atoms with Crippen molar-refractivity contribution in [1.29, 1.82) is 0 Å². The van der Waals surface area contributed by atoms with Gasteiger partial charge in [-0.15, -0.1) is 0 Å². The van der Waals surface area contributed by atoms with Crippen LogP contribution in [-0.2, 0) is 4.79 Å². The fourth-order valence-corrected chi connectivity index (χ4v) is 0.873. The highest BCUT2D eigenvalue weighted by Crippen LogP contribution is 2.16. The summed E-state index contributed by atoms with van der Waals surface area (Å²) < 4.78 is 4.95. The first kappa shape index (κ1) is 10.5. The van der Waals surface area contributed by atoms with Crippen LogP contribution in [0.1, 0.15) is 13.3 Å². The first-order valence-electron chi connectivity index (χ1n) is 4.39. The summed E-state index contributed by atoms with van der Waals surface area (Å²) in [6.07, 6.45) is 0.539. The van der Waals surface area contributed by atoms with Crippen LogP contribution in [0.15, 0.2) is 24.3 Å². The first-order chi connectivity index (χ1) is 6.63. The van der Waals surface area contributed by atoms with Crippen molar-refractivity contribution < 1.29 is 14.6 Å². The van der Waals surface area contributed by atoms with Crippen LogP contribution in [0, 0.1) is 0 Å². The van der Waals surface area contributed by atoms with Crippen molar-refractivity contribution >= 4 is 5.97 Å². The molecule has 0 aliphatic heterocycles. The monoisotopic (exact) mass is 195 g/mol. The van der Waals surface area contributed by atoms with Crippen molar-refractivity contribution in [2.24, 2.45) is 5.73 Å². The normalized spacial score (nSPS) is 12.1. The Kier molecular flexibility index (Phi) is 3.48. The average molecular weight is 195 g/mol. The molecule has 1 aromatic rings. The lowest BCUT2D eigenvalue weighted by Crippen LogP contribution is -2.33. The zero-order valence-corrected chi connectivity index (χ0v) is 7.93. The molecule has 1 unspecified atom stereocenters. The van der Waals surface area contributed by atoms with Gasteiger partial charge in [0.15, 0.2) is 0 Å². The molecule has 0 saturated carbocycles. The predicted octanol–water partition coefficient (Wildman–Crippen LogP) is 1.03. The van der Waals surface area contributed by atoms with E-state index in [0.29, 0.717) is 12.2 Å². The molecule has 0 bridgehead atoms. The summed E-state index contributed by atoms with van der Waals surface area (Å²) in [7, 11) is 0. The maximum absolute atomic E-state index is 11.2. The number of ether oxygens (including phenoxy) is 1. The van der Waals surface area contributed by atoms with Gasteiger partial charge in [0, 0.05) is 0 Å². The molecule has 0 fully saturated rings. The number of nitrogens with two attached hydrogens (primary N) is 1. The summed E-state index contributed by atoms with van der Waals surface area (Å²) >= 11 is 0. The SMILES string of the molecule is CCC(N)C(=O)Oc1ccc(O)cc1. The van der Waals surface area contributed by atoms with E-state index >= 15 is 0 Å². The van der Waals surface area contributed by atoms with Crippen molar-refractivity contribution in [2.45, 2.75) is 19.4 Å². The molecule has 0 radical (unpaired) electrons. The fraction of sp³-hybridized carbons (Fsp3) is 0.300. The number of benzene rings is 1. The molecule has 1 aromatic carbocycles. The van der Waals surface area contributed by atoms with E-state index < -0.39 is 12.0 Å². The Morgan fingerprint density at radius 1 is 1.50 bits per heavy atom. The van der Waals surface area contributed by atoms with Crippen LogP contribution >= 0.6 is 0 Å². The number of carbonyl (C=O) groups excluding carboxylic acids is 1. The highest BCUT2D eigenvalue weighted by molar-refractivity contribution is 5.77. The van der Waals surface area contributed by atoms with Crippen LogP contribution in [-0.4, -0.2) is 17.1 Å². The van der Waals surface area contributed by atoms with E-state index in [1.165, 1.54) is 24.3 Å². The summed E-state index contributed by atoms with van der Waals surface area (Å²) in [5, 5.41) is 8.98. The number of aromatic hydroxyl groups is 1. The molecule has 0 aromatic heterocycles. The number of phenolic OH excluding ortho intramolecular Hbond substituents is 1. The lowest BCUT2D eigenvalue weighted by Gasteiger charge is -2.08. The van der Waals surface area contributed by atoms with Crippen LogP contribution in [0.5, 0.6) is 11.5 Å². The molecular formula is C10H13NO3. The van der Waals surface area contributed by atoms with E-state index in [4.69, 9.17) is 15.6 Å². The van der Waals surface area contributed by atoms with Crippen LogP contribution < -0.4 is 10.5 Å². The number of hydrogen-bond donors (Lipinski definition) is 2. The van der Waals surface area contributed by atoms with Crippen LogP contribution in [0.3, 0.4) is 0 Å². The van der Waals surface area contributed by atoms with E-state index in [0.717, 1.165) is 0 Å². The minimum atomic E-state index is -0.594. The molecule has 0 spiro atoms. The quantitative estimate of drug-likeness (QED) is 0.558. The number of phenols is 1. The fourth-order valence-electron chi connectivity index (χ4n) is 0.873. The second-order valence-electron chi connectivity index (χ2n) is 2.93.